The number of nitro benzene ring substituents is 1. The molecule has 0 atom stereocenters. The van der Waals surface area contributed by atoms with E-state index in [0.717, 1.165) is 0 Å². The van der Waals surface area contributed by atoms with Gasteiger partial charge in [0.05, 0.1) is 17.8 Å². The molecule has 3 rings (SSSR count). The van der Waals surface area contributed by atoms with Crippen LogP contribution < -0.4 is 20.2 Å². The molecule has 30 heavy (non-hydrogen) atoms. The molecule has 0 saturated carbocycles. The number of fused-ring (bicyclic) bond motifs is 1. The first-order valence-corrected chi connectivity index (χ1v) is 9.15. The van der Waals surface area contributed by atoms with Gasteiger partial charge in [0.15, 0.2) is 11.5 Å². The van der Waals surface area contributed by atoms with Crippen molar-refractivity contribution in [2.45, 2.75) is 19.8 Å². The second-order valence-corrected chi connectivity index (χ2v) is 6.57. The van der Waals surface area contributed by atoms with E-state index in [2.05, 4.69) is 15.8 Å². The molecule has 0 unspecified atom stereocenters. The van der Waals surface area contributed by atoms with Crippen LogP contribution in [0.5, 0.6) is 11.5 Å². The summed E-state index contributed by atoms with van der Waals surface area (Å²) in [7, 11) is 0. The van der Waals surface area contributed by atoms with E-state index in [0.29, 0.717) is 41.7 Å². The Balaban J connectivity index is 1.47. The SMILES string of the molecule is C/C(CC(=O)Nc1ccc2c(c1)OCCO2)=N\NC(=O)Cc1ccc([N+](=O)[O-])cc1. The lowest BCUT2D eigenvalue weighted by Gasteiger charge is -2.19. The highest BCUT2D eigenvalue weighted by Crippen LogP contribution is 2.32. The molecule has 2 aromatic carbocycles. The fourth-order valence-electron chi connectivity index (χ4n) is 2.72. The molecule has 10 heteroatoms. The molecule has 156 valence electrons. The summed E-state index contributed by atoms with van der Waals surface area (Å²) in [5.41, 5.74) is 3.93. The lowest BCUT2D eigenvalue weighted by Crippen LogP contribution is -2.23. The number of carbonyl (C=O) groups excluding carboxylic acids is 2. The van der Waals surface area contributed by atoms with Crippen molar-refractivity contribution in [2.24, 2.45) is 5.10 Å². The largest absolute Gasteiger partial charge is 0.486 e. The van der Waals surface area contributed by atoms with Gasteiger partial charge in [0.25, 0.3) is 5.69 Å². The van der Waals surface area contributed by atoms with E-state index in [1.165, 1.54) is 24.3 Å². The number of hydrazone groups is 1. The number of carbonyl (C=O) groups is 2. The van der Waals surface area contributed by atoms with Gasteiger partial charge in [-0.1, -0.05) is 12.1 Å². The standard InChI is InChI=1S/C20H20N4O6/c1-13(22-23-20(26)11-14-2-5-16(6-3-14)24(27)28)10-19(25)21-15-4-7-17-18(12-15)30-9-8-29-17/h2-7,12H,8-11H2,1H3,(H,21,25)(H,23,26)/b22-13+. The number of hydrogen-bond donors (Lipinski definition) is 2. The van der Waals surface area contributed by atoms with Gasteiger partial charge in [-0.3, -0.25) is 19.7 Å². The van der Waals surface area contributed by atoms with Crippen molar-refractivity contribution in [3.8, 4) is 11.5 Å². The Kier molecular flexibility index (Phi) is 6.58. The van der Waals surface area contributed by atoms with Crippen LogP contribution in [0, 0.1) is 10.1 Å². The zero-order valence-electron chi connectivity index (χ0n) is 16.2. The minimum atomic E-state index is -0.506. The Morgan fingerprint density at radius 3 is 2.47 bits per heavy atom. The normalized spacial score (nSPS) is 12.8. The van der Waals surface area contributed by atoms with Crippen molar-refractivity contribution < 1.29 is 24.0 Å². The van der Waals surface area contributed by atoms with Gasteiger partial charge in [-0.25, -0.2) is 5.43 Å². The van der Waals surface area contributed by atoms with Crippen LogP contribution in [0.3, 0.4) is 0 Å². The van der Waals surface area contributed by atoms with Gasteiger partial charge in [-0.05, 0) is 24.6 Å². The second kappa shape index (κ2) is 9.50. The Bertz CT molecular complexity index is 987. The predicted molar refractivity (Wildman–Crippen MR) is 109 cm³/mol. The third kappa shape index (κ3) is 5.77. The van der Waals surface area contributed by atoms with Crippen molar-refractivity contribution in [1.82, 2.24) is 5.43 Å². The number of ether oxygens (including phenoxy) is 2. The van der Waals surface area contributed by atoms with Gasteiger partial charge in [-0.15, -0.1) is 0 Å². The summed E-state index contributed by atoms with van der Waals surface area (Å²) < 4.78 is 10.9. The van der Waals surface area contributed by atoms with Gasteiger partial charge in [0.1, 0.15) is 13.2 Å². The molecule has 0 aliphatic carbocycles. The molecule has 1 aliphatic rings. The highest BCUT2D eigenvalue weighted by Gasteiger charge is 2.13. The van der Waals surface area contributed by atoms with Gasteiger partial charge in [0, 0.05) is 29.6 Å². The number of nitro groups is 1. The highest BCUT2D eigenvalue weighted by molar-refractivity contribution is 6.05. The predicted octanol–water partition coefficient (Wildman–Crippen LogP) is 2.43. The molecule has 2 amide bonds. The minimum Gasteiger partial charge on any atom is -0.486 e. The monoisotopic (exact) mass is 412 g/mol. The second-order valence-electron chi connectivity index (χ2n) is 6.57. The summed E-state index contributed by atoms with van der Waals surface area (Å²) in [6, 6.07) is 10.8. The molecule has 1 heterocycles. The van der Waals surface area contributed by atoms with E-state index in [-0.39, 0.29) is 24.4 Å². The van der Waals surface area contributed by atoms with E-state index in [1.54, 1.807) is 25.1 Å². The Labute approximate surface area is 172 Å². The Hall–Kier alpha value is -3.95. The average molecular weight is 412 g/mol. The lowest BCUT2D eigenvalue weighted by molar-refractivity contribution is -0.384. The fraction of sp³-hybridized carbons (Fsp3) is 0.250. The zero-order chi connectivity index (χ0) is 21.5. The molecule has 0 bridgehead atoms. The van der Waals surface area contributed by atoms with E-state index < -0.39 is 10.8 Å². The molecular weight excluding hydrogens is 392 g/mol. The number of nitrogens with zero attached hydrogens (tertiary/aromatic N) is 2. The minimum absolute atomic E-state index is 0.00768. The van der Waals surface area contributed by atoms with Crippen LogP contribution in [-0.4, -0.2) is 35.7 Å². The van der Waals surface area contributed by atoms with Crippen molar-refractivity contribution in [3.63, 3.8) is 0 Å². The molecule has 0 spiro atoms. The first-order valence-electron chi connectivity index (χ1n) is 9.15. The molecule has 0 fully saturated rings. The van der Waals surface area contributed by atoms with Gasteiger partial charge >= 0.3 is 0 Å². The summed E-state index contributed by atoms with van der Waals surface area (Å²) in [6.07, 6.45) is 0.00439. The maximum absolute atomic E-state index is 12.2. The summed E-state index contributed by atoms with van der Waals surface area (Å²) in [5, 5.41) is 17.3. The van der Waals surface area contributed by atoms with E-state index in [9.17, 15) is 19.7 Å². The van der Waals surface area contributed by atoms with Gasteiger partial charge < -0.3 is 14.8 Å². The van der Waals surface area contributed by atoms with E-state index in [1.807, 2.05) is 0 Å². The molecule has 2 N–H and O–H groups in total. The summed E-state index contributed by atoms with van der Waals surface area (Å²) in [6.45, 7) is 2.57. The number of non-ortho nitro benzene ring substituents is 1. The van der Waals surface area contributed by atoms with Crippen LogP contribution in [0.2, 0.25) is 0 Å². The summed E-state index contributed by atoms with van der Waals surface area (Å²) in [5.74, 6) is 0.517. The van der Waals surface area contributed by atoms with Crippen molar-refractivity contribution >= 4 is 28.9 Å². The molecule has 2 aromatic rings. The van der Waals surface area contributed by atoms with Crippen molar-refractivity contribution in [1.29, 1.82) is 0 Å². The van der Waals surface area contributed by atoms with Crippen molar-refractivity contribution in [3.05, 3.63) is 58.1 Å². The molecule has 0 aromatic heterocycles. The first kappa shape index (κ1) is 20.8. The van der Waals surface area contributed by atoms with Crippen LogP contribution in [0.4, 0.5) is 11.4 Å². The van der Waals surface area contributed by atoms with Crippen LogP contribution in [0.25, 0.3) is 0 Å². The topological polar surface area (TPSA) is 132 Å². The zero-order valence-corrected chi connectivity index (χ0v) is 16.2. The lowest BCUT2D eigenvalue weighted by atomic mass is 10.1. The van der Waals surface area contributed by atoms with E-state index >= 15 is 0 Å². The van der Waals surface area contributed by atoms with Crippen LogP contribution in [0.1, 0.15) is 18.9 Å². The molecule has 10 nitrogen and oxygen atoms in total. The average Bonchev–Trinajstić information content (AvgIpc) is 2.72. The third-order valence-electron chi connectivity index (χ3n) is 4.13. The smallest absolute Gasteiger partial charge is 0.269 e. The molecule has 0 radical (unpaired) electrons. The third-order valence-corrected chi connectivity index (χ3v) is 4.13. The number of nitrogens with one attached hydrogen (secondary N) is 2. The van der Waals surface area contributed by atoms with Crippen LogP contribution in [-0.2, 0) is 16.0 Å². The molecule has 0 saturated heterocycles. The Morgan fingerprint density at radius 1 is 1.07 bits per heavy atom. The van der Waals surface area contributed by atoms with E-state index in [4.69, 9.17) is 9.47 Å². The number of anilines is 1. The quantitative estimate of drug-likeness (QED) is 0.408. The molecule has 1 aliphatic heterocycles. The van der Waals surface area contributed by atoms with Gasteiger partial charge in [-0.2, -0.15) is 5.10 Å². The number of amides is 2. The summed E-state index contributed by atoms with van der Waals surface area (Å²) in [4.78, 5) is 34.3. The highest BCUT2D eigenvalue weighted by atomic mass is 16.6. The fourth-order valence-corrected chi connectivity index (χ4v) is 2.72. The first-order chi connectivity index (χ1) is 14.4. The Morgan fingerprint density at radius 2 is 1.77 bits per heavy atom. The maximum Gasteiger partial charge on any atom is 0.269 e. The van der Waals surface area contributed by atoms with Crippen LogP contribution in [0.15, 0.2) is 47.6 Å². The maximum atomic E-state index is 12.2. The van der Waals surface area contributed by atoms with Crippen LogP contribution >= 0.6 is 0 Å². The number of benzene rings is 2. The summed E-state index contributed by atoms with van der Waals surface area (Å²) >= 11 is 0. The number of hydrogen-bond acceptors (Lipinski definition) is 7. The molecular formula is C20H20N4O6. The van der Waals surface area contributed by atoms with Gasteiger partial charge in [0.2, 0.25) is 11.8 Å². The van der Waals surface area contributed by atoms with Crippen molar-refractivity contribution in [2.75, 3.05) is 18.5 Å². The number of rotatable bonds is 7.